The number of benzene rings is 5. The molecule has 0 fully saturated rings. The minimum absolute atomic E-state index is 0.0183. The topological polar surface area (TPSA) is 305 Å². The molecule has 0 bridgehead atoms. The van der Waals surface area contributed by atoms with Crippen molar-refractivity contribution >= 4 is 108 Å². The van der Waals surface area contributed by atoms with E-state index in [0.29, 0.717) is 6.42 Å². The van der Waals surface area contributed by atoms with Gasteiger partial charge in [0.2, 0.25) is 17.2 Å². The summed E-state index contributed by atoms with van der Waals surface area (Å²) in [5.41, 5.74) is -0.792. The van der Waals surface area contributed by atoms with E-state index >= 15 is 0 Å². The number of nitrogens with one attached hydrogen (secondary N) is 2. The van der Waals surface area contributed by atoms with Crippen molar-refractivity contribution in [3.05, 3.63) is 84.1 Å². The van der Waals surface area contributed by atoms with E-state index in [9.17, 15) is 52.4 Å². The van der Waals surface area contributed by atoms with Gasteiger partial charge in [0.05, 0.1) is 21.2 Å². The van der Waals surface area contributed by atoms with Gasteiger partial charge in [-0.1, -0.05) is 37.3 Å². The first kappa shape index (κ1) is 40.3. The third-order valence-electron chi connectivity index (χ3n) is 7.87. The highest BCUT2D eigenvalue weighted by Gasteiger charge is 2.24. The molecule has 0 spiro atoms. The first-order valence-electron chi connectivity index (χ1n) is 15.6. The quantitative estimate of drug-likeness (QED) is 0.0575. The molecule has 56 heavy (non-hydrogen) atoms. The van der Waals surface area contributed by atoms with E-state index in [1.165, 1.54) is 30.3 Å². The Hall–Kier alpha value is -5.40. The van der Waals surface area contributed by atoms with E-state index in [1.54, 1.807) is 13.0 Å². The third-order valence-corrected chi connectivity index (χ3v) is 12.6. The molecule has 0 radical (unpaired) electrons. The number of phenolic OH excluding ortho intramolecular Hbond substituents is 1. The van der Waals surface area contributed by atoms with Gasteiger partial charge in [-0.25, -0.2) is 8.42 Å². The number of azo groups is 1. The zero-order chi connectivity index (χ0) is 40.8. The van der Waals surface area contributed by atoms with Crippen LogP contribution in [0.5, 0.6) is 5.75 Å². The van der Waals surface area contributed by atoms with Crippen LogP contribution in [-0.2, 0) is 40.2 Å². The summed E-state index contributed by atoms with van der Waals surface area (Å²) < 4.78 is 128. The fourth-order valence-electron chi connectivity index (χ4n) is 5.57. The number of halogens is 1. The van der Waals surface area contributed by atoms with Gasteiger partial charge < -0.3 is 15.7 Å². The summed E-state index contributed by atoms with van der Waals surface area (Å²) in [6.45, 7) is 1.73. The molecule has 0 aliphatic rings. The molecule has 1 aromatic heterocycles. The largest absolute Gasteiger partial charge is 0.505 e. The maximum absolute atomic E-state index is 12.6. The second kappa shape index (κ2) is 14.9. The molecule has 0 saturated carbocycles. The molecule has 292 valence electrons. The fourth-order valence-corrected chi connectivity index (χ4v) is 9.18. The van der Waals surface area contributed by atoms with Crippen molar-refractivity contribution in [2.45, 2.75) is 32.9 Å². The number of anilines is 4. The van der Waals surface area contributed by atoms with Gasteiger partial charge in [0.25, 0.3) is 30.4 Å². The second-order valence-electron chi connectivity index (χ2n) is 11.7. The summed E-state index contributed by atoms with van der Waals surface area (Å²) >= 11 is 6.16. The number of hydrogen-bond acceptors (Lipinski definition) is 16. The number of phenols is 1. The molecule has 6 aromatic rings. The van der Waals surface area contributed by atoms with Gasteiger partial charge in [0.15, 0.2) is 15.6 Å². The fraction of sp³-hybridized carbons (Fsp3) is 0.0938. The molecular weight excluding hydrogens is 838 g/mol. The molecular formula is C32H26ClN7O12S4. The normalized spacial score (nSPS) is 12.7. The van der Waals surface area contributed by atoms with Crippen molar-refractivity contribution < 1.29 is 52.4 Å². The average Bonchev–Trinajstić information content (AvgIpc) is 3.09. The number of nitrogens with zero attached hydrogens (tertiary/aromatic N) is 5. The Morgan fingerprint density at radius 2 is 1.34 bits per heavy atom. The second-order valence-corrected chi connectivity index (χ2v) is 18.4. The first-order valence-corrected chi connectivity index (χ1v) is 22.0. The lowest BCUT2D eigenvalue weighted by Gasteiger charge is -2.14. The summed E-state index contributed by atoms with van der Waals surface area (Å²) in [6, 6.07) is 15.7. The van der Waals surface area contributed by atoms with E-state index in [2.05, 4.69) is 35.8 Å². The van der Waals surface area contributed by atoms with Crippen LogP contribution < -0.4 is 10.6 Å². The summed E-state index contributed by atoms with van der Waals surface area (Å²) in [6.07, 6.45) is 0.396. The summed E-state index contributed by atoms with van der Waals surface area (Å²) in [4.78, 5) is 10.1. The molecule has 19 nitrogen and oxygen atoms in total. The number of rotatable bonds is 12. The molecule has 6 rings (SSSR count). The minimum Gasteiger partial charge on any atom is -0.505 e. The highest BCUT2D eigenvalue weighted by Crippen LogP contribution is 2.43. The summed E-state index contributed by atoms with van der Waals surface area (Å²) in [7, 11) is -18.4. The number of hydrogen-bond donors (Lipinski definition) is 6. The number of fused-ring (bicyclic) bond motifs is 2. The lowest BCUT2D eigenvalue weighted by Crippen LogP contribution is -2.07. The van der Waals surface area contributed by atoms with E-state index < -0.39 is 66.3 Å². The monoisotopic (exact) mass is 863 g/mol. The molecule has 1 heterocycles. The van der Waals surface area contributed by atoms with Crippen molar-refractivity contribution in [3.8, 4) is 5.75 Å². The van der Waals surface area contributed by atoms with E-state index in [4.69, 9.17) is 11.6 Å². The van der Waals surface area contributed by atoms with Gasteiger partial charge in [0, 0.05) is 21.8 Å². The predicted octanol–water partition coefficient (Wildman–Crippen LogP) is 6.36. The smallest absolute Gasteiger partial charge is 0.297 e. The molecule has 0 saturated heterocycles. The van der Waals surface area contributed by atoms with Crippen LogP contribution in [0.1, 0.15) is 13.3 Å². The molecule has 0 amide bonds. The summed E-state index contributed by atoms with van der Waals surface area (Å²) in [5.74, 6) is -1.24. The Morgan fingerprint density at radius 1 is 0.679 bits per heavy atom. The Bertz CT molecular complexity index is 3080. The lowest BCUT2D eigenvalue weighted by atomic mass is 10.1. The Labute approximate surface area is 323 Å². The SMILES string of the molecule is CCCS(=O)(=O)c1cccc(Nc2nc(Cl)nc(Nc3cc(S(=O)(=O)O)cc4ccc(/N=N/c5ccc6c(S(=O)(=O)O)cccc6c5S(=O)(=O)O)c(O)c34)n2)c1. The number of aromatic nitrogens is 3. The van der Waals surface area contributed by atoms with Crippen LogP contribution in [-0.4, -0.2) is 73.1 Å². The van der Waals surface area contributed by atoms with Gasteiger partial charge in [-0.3, -0.25) is 13.7 Å². The van der Waals surface area contributed by atoms with E-state index in [0.717, 1.165) is 42.5 Å². The standard InChI is InChI=1S/C32H26ClN7O12S4/c1-2-13-53(42,43)19-6-3-5-18(15-19)34-31-36-30(33)37-32(38-31)35-25-16-20(54(44,45)46)14-17-9-11-23(28(41)27(17)25)39-40-24-12-10-21-22(29(24)56(50,51)52)7-4-8-26(21)55(47,48)49/h3-12,14-16,41H,2,13H2,1H3,(H,44,45,46)(H,47,48,49)(H,50,51,52)(H2,34,35,36,37,38)/b40-39+. The zero-order valence-electron chi connectivity index (χ0n) is 28.2. The molecule has 0 aliphatic carbocycles. The first-order chi connectivity index (χ1) is 26.2. The number of sulfone groups is 1. The third kappa shape index (κ3) is 8.53. The van der Waals surface area contributed by atoms with Gasteiger partial charge in [-0.05, 0) is 71.9 Å². The maximum Gasteiger partial charge on any atom is 0.297 e. The Morgan fingerprint density at radius 3 is 2.00 bits per heavy atom. The molecule has 0 atom stereocenters. The zero-order valence-corrected chi connectivity index (χ0v) is 32.2. The van der Waals surface area contributed by atoms with Crippen LogP contribution in [0.25, 0.3) is 21.5 Å². The highest BCUT2D eigenvalue weighted by atomic mass is 35.5. The van der Waals surface area contributed by atoms with Gasteiger partial charge in [-0.2, -0.15) is 40.2 Å². The van der Waals surface area contributed by atoms with Crippen LogP contribution in [0.15, 0.2) is 109 Å². The van der Waals surface area contributed by atoms with E-state index in [1.807, 2.05) is 0 Å². The van der Waals surface area contributed by atoms with Crippen molar-refractivity contribution in [3.63, 3.8) is 0 Å². The molecule has 0 aliphatic heterocycles. The van der Waals surface area contributed by atoms with Crippen LogP contribution in [0.3, 0.4) is 0 Å². The summed E-state index contributed by atoms with van der Waals surface area (Å²) in [5, 5.41) is 23.7. The maximum atomic E-state index is 12.6. The van der Waals surface area contributed by atoms with Crippen LogP contribution >= 0.6 is 11.6 Å². The Balaban J connectivity index is 1.44. The van der Waals surface area contributed by atoms with Crippen LogP contribution in [0.2, 0.25) is 5.28 Å². The van der Waals surface area contributed by atoms with Gasteiger partial charge >= 0.3 is 0 Å². The lowest BCUT2D eigenvalue weighted by molar-refractivity contribution is 0.480. The predicted molar refractivity (Wildman–Crippen MR) is 203 cm³/mol. The molecule has 5 aromatic carbocycles. The van der Waals surface area contributed by atoms with Crippen molar-refractivity contribution in [1.29, 1.82) is 0 Å². The van der Waals surface area contributed by atoms with E-state index in [-0.39, 0.29) is 66.4 Å². The van der Waals surface area contributed by atoms with Crippen molar-refractivity contribution in [2.24, 2.45) is 10.2 Å². The van der Waals surface area contributed by atoms with Crippen molar-refractivity contribution in [2.75, 3.05) is 16.4 Å². The number of aromatic hydroxyl groups is 1. The van der Waals surface area contributed by atoms with Gasteiger partial charge in [-0.15, -0.1) is 10.2 Å². The van der Waals surface area contributed by atoms with Crippen molar-refractivity contribution in [1.82, 2.24) is 15.0 Å². The van der Waals surface area contributed by atoms with Crippen LogP contribution in [0, 0.1) is 0 Å². The van der Waals surface area contributed by atoms with Crippen LogP contribution in [0.4, 0.5) is 34.6 Å². The molecule has 0 unspecified atom stereocenters. The minimum atomic E-state index is -5.11. The Kier molecular flexibility index (Phi) is 10.7. The molecule has 24 heteroatoms. The average molecular weight is 864 g/mol. The molecule has 6 N–H and O–H groups in total. The highest BCUT2D eigenvalue weighted by molar-refractivity contribution is 7.91. The van der Waals surface area contributed by atoms with Gasteiger partial charge in [0.1, 0.15) is 21.2 Å².